The van der Waals surface area contributed by atoms with Crippen molar-refractivity contribution >= 4 is 17.6 Å². The summed E-state index contributed by atoms with van der Waals surface area (Å²) in [5, 5.41) is 12.9. The number of furan rings is 1. The van der Waals surface area contributed by atoms with Gasteiger partial charge in [0.1, 0.15) is 5.76 Å². The van der Waals surface area contributed by atoms with Crippen molar-refractivity contribution in [3.63, 3.8) is 0 Å². The molecule has 1 heterocycles. The first-order valence-corrected chi connectivity index (χ1v) is 6.67. The van der Waals surface area contributed by atoms with Crippen molar-refractivity contribution in [2.75, 3.05) is 0 Å². The molecule has 0 spiro atoms. The Balaban J connectivity index is 2.05. The summed E-state index contributed by atoms with van der Waals surface area (Å²) in [6.07, 6.45) is 0. The monoisotopic (exact) mass is 293 g/mol. The Kier molecular flexibility index (Phi) is 4.47. The largest absolute Gasteiger partial charge is 0.475 e. The second-order valence-electron chi connectivity index (χ2n) is 4.62. The fourth-order valence-corrected chi connectivity index (χ4v) is 2.30. The zero-order chi connectivity index (χ0) is 14.7. The lowest BCUT2D eigenvalue weighted by molar-refractivity contribution is 0.0661. The third-order valence-corrected chi connectivity index (χ3v) is 3.55. The molecule has 0 aliphatic heterocycles. The molecule has 0 aliphatic rings. The van der Waals surface area contributed by atoms with Gasteiger partial charge in [0.05, 0.1) is 0 Å². The first-order valence-electron chi connectivity index (χ1n) is 6.29. The second kappa shape index (κ2) is 6.11. The van der Waals surface area contributed by atoms with E-state index in [1.807, 2.05) is 31.2 Å². The van der Waals surface area contributed by atoms with Crippen LogP contribution in [0.1, 0.15) is 40.4 Å². The summed E-state index contributed by atoms with van der Waals surface area (Å²) in [4.78, 5) is 10.8. The average molecular weight is 294 g/mol. The van der Waals surface area contributed by atoms with Crippen LogP contribution < -0.4 is 5.32 Å². The predicted octanol–water partition coefficient (Wildman–Crippen LogP) is 3.79. The molecule has 1 aromatic carbocycles. The summed E-state index contributed by atoms with van der Waals surface area (Å²) in [5.74, 6) is -0.482. The van der Waals surface area contributed by atoms with E-state index in [9.17, 15) is 4.79 Å². The number of carbonyl (C=O) groups is 1. The molecule has 4 nitrogen and oxygen atoms in total. The van der Waals surface area contributed by atoms with E-state index >= 15 is 0 Å². The summed E-state index contributed by atoms with van der Waals surface area (Å²) >= 11 is 6.14. The van der Waals surface area contributed by atoms with Gasteiger partial charge < -0.3 is 14.8 Å². The van der Waals surface area contributed by atoms with Crippen molar-refractivity contribution in [2.45, 2.75) is 26.4 Å². The minimum Gasteiger partial charge on any atom is -0.475 e. The summed E-state index contributed by atoms with van der Waals surface area (Å²) in [6, 6.07) is 9.24. The highest BCUT2D eigenvalue weighted by Gasteiger charge is 2.14. The normalized spacial score (nSPS) is 12.3. The first kappa shape index (κ1) is 14.6. The highest BCUT2D eigenvalue weighted by atomic mass is 35.5. The smallest absolute Gasteiger partial charge is 0.371 e. The molecule has 2 N–H and O–H groups in total. The Labute approximate surface area is 122 Å². The number of hydrogen-bond acceptors (Lipinski definition) is 3. The Morgan fingerprint density at radius 3 is 2.75 bits per heavy atom. The van der Waals surface area contributed by atoms with Gasteiger partial charge in [0.15, 0.2) is 0 Å². The van der Waals surface area contributed by atoms with E-state index in [4.69, 9.17) is 21.1 Å². The van der Waals surface area contributed by atoms with Crippen LogP contribution in [-0.4, -0.2) is 11.1 Å². The van der Waals surface area contributed by atoms with E-state index in [0.29, 0.717) is 17.3 Å². The minimum absolute atomic E-state index is 0.0373. The Morgan fingerprint density at radius 1 is 1.45 bits per heavy atom. The number of nitrogens with one attached hydrogen (secondary N) is 1. The molecule has 0 unspecified atom stereocenters. The number of halogens is 1. The third-order valence-electron chi connectivity index (χ3n) is 3.20. The Bertz CT molecular complexity index is 621. The molecule has 106 valence electrons. The number of carboxylic acids is 1. The number of hydrogen-bond donors (Lipinski definition) is 2. The molecule has 2 rings (SSSR count). The van der Waals surface area contributed by atoms with Gasteiger partial charge in [-0.2, -0.15) is 0 Å². The van der Waals surface area contributed by atoms with Gasteiger partial charge in [0, 0.05) is 23.2 Å². The molecule has 1 atom stereocenters. The van der Waals surface area contributed by atoms with Crippen molar-refractivity contribution in [1.82, 2.24) is 5.32 Å². The first-order chi connectivity index (χ1) is 9.49. The van der Waals surface area contributed by atoms with E-state index in [1.54, 1.807) is 13.0 Å². The van der Waals surface area contributed by atoms with Crippen LogP contribution in [0.15, 0.2) is 34.7 Å². The molecule has 0 amide bonds. The van der Waals surface area contributed by atoms with E-state index in [-0.39, 0.29) is 11.8 Å². The van der Waals surface area contributed by atoms with Gasteiger partial charge in [0.25, 0.3) is 0 Å². The SMILES string of the molecule is Cc1oc(C(=O)O)cc1CN[C@@H](C)c1ccccc1Cl. The van der Waals surface area contributed by atoms with Gasteiger partial charge >= 0.3 is 5.97 Å². The van der Waals surface area contributed by atoms with Crippen LogP contribution in [-0.2, 0) is 6.54 Å². The van der Waals surface area contributed by atoms with Crippen LogP contribution in [0, 0.1) is 6.92 Å². The van der Waals surface area contributed by atoms with E-state index in [2.05, 4.69) is 5.32 Å². The van der Waals surface area contributed by atoms with Crippen LogP contribution in [0.3, 0.4) is 0 Å². The van der Waals surface area contributed by atoms with Gasteiger partial charge in [-0.25, -0.2) is 4.79 Å². The fraction of sp³-hybridized carbons (Fsp3) is 0.267. The number of rotatable bonds is 5. The number of benzene rings is 1. The van der Waals surface area contributed by atoms with Gasteiger partial charge in [-0.1, -0.05) is 29.8 Å². The highest BCUT2D eigenvalue weighted by Crippen LogP contribution is 2.23. The van der Waals surface area contributed by atoms with Crippen LogP contribution in [0.4, 0.5) is 0 Å². The van der Waals surface area contributed by atoms with Crippen molar-refractivity contribution in [3.8, 4) is 0 Å². The maximum Gasteiger partial charge on any atom is 0.371 e. The van der Waals surface area contributed by atoms with Crippen LogP contribution in [0.2, 0.25) is 5.02 Å². The lowest BCUT2D eigenvalue weighted by Gasteiger charge is -2.15. The lowest BCUT2D eigenvalue weighted by Crippen LogP contribution is -2.18. The summed E-state index contributed by atoms with van der Waals surface area (Å²) < 4.78 is 5.17. The Hall–Kier alpha value is -1.78. The molecule has 0 fully saturated rings. The lowest BCUT2D eigenvalue weighted by atomic mass is 10.1. The quantitative estimate of drug-likeness (QED) is 0.880. The van der Waals surface area contributed by atoms with Crippen LogP contribution in [0.5, 0.6) is 0 Å². The molecule has 0 bridgehead atoms. The Morgan fingerprint density at radius 2 is 2.15 bits per heavy atom. The topological polar surface area (TPSA) is 62.5 Å². The van der Waals surface area contributed by atoms with Gasteiger partial charge in [-0.05, 0) is 31.5 Å². The molecule has 20 heavy (non-hydrogen) atoms. The minimum atomic E-state index is -1.06. The zero-order valence-electron chi connectivity index (χ0n) is 11.3. The van der Waals surface area contributed by atoms with Gasteiger partial charge in [-0.3, -0.25) is 0 Å². The number of carboxylic acid groups (broad SMARTS) is 1. The van der Waals surface area contributed by atoms with Crippen LogP contribution in [0.25, 0.3) is 0 Å². The van der Waals surface area contributed by atoms with E-state index in [0.717, 1.165) is 11.1 Å². The van der Waals surface area contributed by atoms with Crippen molar-refractivity contribution in [2.24, 2.45) is 0 Å². The molecular formula is C15H16ClNO3. The highest BCUT2D eigenvalue weighted by molar-refractivity contribution is 6.31. The predicted molar refractivity (Wildman–Crippen MR) is 77.1 cm³/mol. The van der Waals surface area contributed by atoms with Crippen molar-refractivity contribution in [3.05, 3.63) is 58.0 Å². The zero-order valence-corrected chi connectivity index (χ0v) is 12.1. The van der Waals surface area contributed by atoms with Crippen LogP contribution >= 0.6 is 11.6 Å². The molecule has 0 radical (unpaired) electrons. The standard InChI is InChI=1S/C15H16ClNO3/c1-9(12-5-3-4-6-13(12)16)17-8-11-7-14(15(18)19)20-10(11)2/h3-7,9,17H,8H2,1-2H3,(H,18,19)/t9-/m0/s1. The van der Waals surface area contributed by atoms with Crippen molar-refractivity contribution < 1.29 is 14.3 Å². The number of aryl methyl sites for hydroxylation is 1. The van der Waals surface area contributed by atoms with E-state index in [1.165, 1.54) is 0 Å². The maximum atomic E-state index is 10.8. The van der Waals surface area contributed by atoms with E-state index < -0.39 is 5.97 Å². The molecule has 0 aliphatic carbocycles. The van der Waals surface area contributed by atoms with Gasteiger partial charge in [0.2, 0.25) is 5.76 Å². The maximum absolute atomic E-state index is 10.8. The third kappa shape index (κ3) is 3.21. The van der Waals surface area contributed by atoms with Crippen molar-refractivity contribution in [1.29, 1.82) is 0 Å². The molecule has 0 saturated carbocycles. The summed E-state index contributed by atoms with van der Waals surface area (Å²) in [7, 11) is 0. The molecule has 0 saturated heterocycles. The fourth-order valence-electron chi connectivity index (χ4n) is 2.00. The molecule has 5 heteroatoms. The second-order valence-corrected chi connectivity index (χ2v) is 5.03. The van der Waals surface area contributed by atoms with Gasteiger partial charge in [-0.15, -0.1) is 0 Å². The average Bonchev–Trinajstić information content (AvgIpc) is 2.78. The molecular weight excluding hydrogens is 278 g/mol. The molecule has 2 aromatic rings. The molecule has 1 aromatic heterocycles. The summed E-state index contributed by atoms with van der Waals surface area (Å²) in [6.45, 7) is 4.29. The number of aromatic carboxylic acids is 1. The summed E-state index contributed by atoms with van der Waals surface area (Å²) in [5.41, 5.74) is 1.84.